The van der Waals surface area contributed by atoms with E-state index in [0.717, 1.165) is 6.42 Å². The summed E-state index contributed by atoms with van der Waals surface area (Å²) in [7, 11) is 0. The van der Waals surface area contributed by atoms with Gasteiger partial charge in [0.25, 0.3) is 5.91 Å². The van der Waals surface area contributed by atoms with Crippen molar-refractivity contribution in [1.82, 2.24) is 4.98 Å². The smallest absolute Gasteiger partial charge is 0.338 e. The van der Waals surface area contributed by atoms with E-state index < -0.39 is 0 Å². The van der Waals surface area contributed by atoms with Crippen LogP contribution >= 0.6 is 0 Å². The van der Waals surface area contributed by atoms with Crippen molar-refractivity contribution in [3.63, 3.8) is 0 Å². The number of aromatic nitrogens is 1. The number of nitrogens with one attached hydrogen (secondary N) is 2. The molecule has 0 radical (unpaired) electrons. The molecule has 0 unspecified atom stereocenters. The zero-order valence-corrected chi connectivity index (χ0v) is 11.7. The molecule has 1 aromatic carbocycles. The third-order valence-corrected chi connectivity index (χ3v) is 2.77. The van der Waals surface area contributed by atoms with Crippen LogP contribution in [0.5, 0.6) is 0 Å². The Kier molecular flexibility index (Phi) is 4.61. The first-order chi connectivity index (χ1) is 10.1. The van der Waals surface area contributed by atoms with Gasteiger partial charge in [0, 0.05) is 17.6 Å². The van der Waals surface area contributed by atoms with Crippen molar-refractivity contribution < 1.29 is 14.3 Å². The van der Waals surface area contributed by atoms with E-state index in [2.05, 4.69) is 10.3 Å². The highest BCUT2D eigenvalue weighted by Gasteiger charge is 2.10. The summed E-state index contributed by atoms with van der Waals surface area (Å²) in [6, 6.07) is 8.05. The molecule has 2 rings (SSSR count). The zero-order valence-electron chi connectivity index (χ0n) is 11.7. The van der Waals surface area contributed by atoms with E-state index in [4.69, 9.17) is 10.5 Å². The highest BCUT2D eigenvalue weighted by Crippen LogP contribution is 2.13. The fraction of sp³-hybridized carbons (Fsp3) is 0.200. The lowest BCUT2D eigenvalue weighted by Crippen LogP contribution is -2.12. The molecule has 0 aliphatic rings. The van der Waals surface area contributed by atoms with Crippen molar-refractivity contribution in [2.75, 3.05) is 17.7 Å². The Bertz CT molecular complexity index is 632. The number of hydrogen-bond donors (Lipinski definition) is 3. The number of esters is 1. The lowest BCUT2D eigenvalue weighted by atomic mass is 10.2. The molecular weight excluding hydrogens is 270 g/mol. The van der Waals surface area contributed by atoms with E-state index in [0.29, 0.717) is 29.2 Å². The Morgan fingerprint density at radius 2 is 2.00 bits per heavy atom. The maximum atomic E-state index is 11.9. The SMILES string of the molecule is CCCOC(=O)c1ccc(NC(=O)c2cc(N)c[nH]2)cc1. The van der Waals surface area contributed by atoms with Crippen molar-refractivity contribution in [3.8, 4) is 0 Å². The number of ether oxygens (including phenoxy) is 1. The number of aromatic amines is 1. The van der Waals surface area contributed by atoms with Gasteiger partial charge in [-0.05, 0) is 36.8 Å². The van der Waals surface area contributed by atoms with Crippen LogP contribution < -0.4 is 11.1 Å². The number of hydrogen-bond acceptors (Lipinski definition) is 4. The van der Waals surface area contributed by atoms with Crippen molar-refractivity contribution in [1.29, 1.82) is 0 Å². The van der Waals surface area contributed by atoms with Gasteiger partial charge < -0.3 is 20.8 Å². The number of nitrogens with two attached hydrogens (primary N) is 1. The summed E-state index contributed by atoms with van der Waals surface area (Å²) in [4.78, 5) is 26.3. The van der Waals surface area contributed by atoms with Crippen LogP contribution in [0.1, 0.15) is 34.2 Å². The number of carbonyl (C=O) groups is 2. The van der Waals surface area contributed by atoms with Crippen molar-refractivity contribution in [3.05, 3.63) is 47.8 Å². The standard InChI is InChI=1S/C15H17N3O3/c1-2-7-21-15(20)10-3-5-12(6-4-10)18-14(19)13-8-11(16)9-17-13/h3-6,8-9,17H,2,7,16H2,1H3,(H,18,19). The highest BCUT2D eigenvalue weighted by molar-refractivity contribution is 6.03. The predicted octanol–water partition coefficient (Wildman–Crippen LogP) is 2.42. The topological polar surface area (TPSA) is 97.2 Å². The van der Waals surface area contributed by atoms with Crippen LogP contribution in [0.4, 0.5) is 11.4 Å². The number of benzene rings is 1. The van der Waals surface area contributed by atoms with Gasteiger partial charge in [-0.25, -0.2) is 4.79 Å². The average molecular weight is 287 g/mol. The third-order valence-electron chi connectivity index (χ3n) is 2.77. The number of anilines is 2. The summed E-state index contributed by atoms with van der Waals surface area (Å²) in [6.07, 6.45) is 2.32. The molecule has 1 amide bonds. The minimum Gasteiger partial charge on any atom is -0.462 e. The van der Waals surface area contributed by atoms with Crippen molar-refractivity contribution >= 4 is 23.3 Å². The van der Waals surface area contributed by atoms with E-state index in [1.54, 1.807) is 36.5 Å². The molecule has 6 nitrogen and oxygen atoms in total. The van der Waals surface area contributed by atoms with Crippen molar-refractivity contribution in [2.45, 2.75) is 13.3 Å². The van der Waals surface area contributed by atoms with E-state index in [-0.39, 0.29) is 11.9 Å². The quantitative estimate of drug-likeness (QED) is 0.736. The van der Waals surface area contributed by atoms with Gasteiger partial charge in [-0.1, -0.05) is 6.92 Å². The Morgan fingerprint density at radius 1 is 1.29 bits per heavy atom. The van der Waals surface area contributed by atoms with Gasteiger partial charge in [0.15, 0.2) is 0 Å². The second-order valence-corrected chi connectivity index (χ2v) is 4.51. The fourth-order valence-electron chi connectivity index (χ4n) is 1.71. The van der Waals surface area contributed by atoms with Gasteiger partial charge in [-0.15, -0.1) is 0 Å². The maximum Gasteiger partial charge on any atom is 0.338 e. The molecule has 0 saturated heterocycles. The van der Waals surface area contributed by atoms with Crippen LogP contribution in [0.25, 0.3) is 0 Å². The third kappa shape index (κ3) is 3.85. The zero-order chi connectivity index (χ0) is 15.2. The second-order valence-electron chi connectivity index (χ2n) is 4.51. The molecule has 4 N–H and O–H groups in total. The average Bonchev–Trinajstić information content (AvgIpc) is 2.92. The van der Waals surface area contributed by atoms with E-state index >= 15 is 0 Å². The second kappa shape index (κ2) is 6.60. The van der Waals surface area contributed by atoms with Crippen LogP contribution in [0.3, 0.4) is 0 Å². The minimum atomic E-state index is -0.369. The van der Waals surface area contributed by atoms with Crippen LogP contribution in [-0.2, 0) is 4.74 Å². The number of carbonyl (C=O) groups excluding carboxylic acids is 2. The number of rotatable bonds is 5. The molecular formula is C15H17N3O3. The summed E-state index contributed by atoms with van der Waals surface area (Å²) in [5.41, 5.74) is 7.44. The molecule has 1 heterocycles. The maximum absolute atomic E-state index is 11.9. The Labute approximate surface area is 122 Å². The molecule has 0 atom stereocenters. The van der Waals surface area contributed by atoms with E-state index in [9.17, 15) is 9.59 Å². The number of H-pyrrole nitrogens is 1. The van der Waals surface area contributed by atoms with Crippen molar-refractivity contribution in [2.24, 2.45) is 0 Å². The summed E-state index contributed by atoms with van der Waals surface area (Å²) in [6.45, 7) is 2.32. The van der Waals surface area contributed by atoms with Gasteiger partial charge >= 0.3 is 5.97 Å². The first-order valence-electron chi connectivity index (χ1n) is 6.62. The summed E-state index contributed by atoms with van der Waals surface area (Å²) < 4.78 is 5.03. The molecule has 2 aromatic rings. The largest absolute Gasteiger partial charge is 0.462 e. The molecule has 110 valence electrons. The first-order valence-corrected chi connectivity index (χ1v) is 6.62. The molecule has 6 heteroatoms. The van der Waals surface area contributed by atoms with Gasteiger partial charge in [0.1, 0.15) is 5.69 Å². The Balaban J connectivity index is 1.99. The van der Waals surface area contributed by atoms with Gasteiger partial charge in [-0.3, -0.25) is 4.79 Å². The summed E-state index contributed by atoms with van der Waals surface area (Å²) in [5.74, 6) is -0.667. The lowest BCUT2D eigenvalue weighted by Gasteiger charge is -2.06. The molecule has 0 aliphatic heterocycles. The van der Waals surface area contributed by atoms with Gasteiger partial charge in [0.2, 0.25) is 0 Å². The lowest BCUT2D eigenvalue weighted by molar-refractivity contribution is 0.0505. The van der Waals surface area contributed by atoms with Gasteiger partial charge in [0.05, 0.1) is 12.2 Å². The molecule has 1 aromatic heterocycles. The minimum absolute atomic E-state index is 0.298. The van der Waals surface area contributed by atoms with Crippen LogP contribution in [0, 0.1) is 0 Å². The fourth-order valence-corrected chi connectivity index (χ4v) is 1.71. The monoisotopic (exact) mass is 287 g/mol. The predicted molar refractivity (Wildman–Crippen MR) is 80.2 cm³/mol. The Morgan fingerprint density at radius 3 is 2.57 bits per heavy atom. The number of nitrogen functional groups attached to an aromatic ring is 1. The molecule has 0 aliphatic carbocycles. The number of amides is 1. The van der Waals surface area contributed by atoms with Crippen LogP contribution in [-0.4, -0.2) is 23.5 Å². The normalized spacial score (nSPS) is 10.1. The highest BCUT2D eigenvalue weighted by atomic mass is 16.5. The van der Waals surface area contributed by atoms with Gasteiger partial charge in [-0.2, -0.15) is 0 Å². The van der Waals surface area contributed by atoms with Crippen LogP contribution in [0.15, 0.2) is 36.5 Å². The summed E-state index contributed by atoms with van der Waals surface area (Å²) >= 11 is 0. The van der Waals surface area contributed by atoms with E-state index in [1.165, 1.54) is 0 Å². The summed E-state index contributed by atoms with van der Waals surface area (Å²) in [5, 5.41) is 2.70. The van der Waals surface area contributed by atoms with Crippen LogP contribution in [0.2, 0.25) is 0 Å². The van der Waals surface area contributed by atoms with E-state index in [1.807, 2.05) is 6.92 Å². The molecule has 21 heavy (non-hydrogen) atoms. The molecule has 0 spiro atoms. The first kappa shape index (κ1) is 14.6. The molecule has 0 saturated carbocycles. The Hall–Kier alpha value is -2.76. The molecule has 0 bridgehead atoms. The molecule has 0 fully saturated rings.